The molecule has 2 amide bonds. The molecule has 0 fully saturated rings. The van der Waals surface area contributed by atoms with Crippen molar-refractivity contribution < 1.29 is 23.8 Å². The second-order valence-electron chi connectivity index (χ2n) is 13.2. The number of rotatable bonds is 10. The van der Waals surface area contributed by atoms with E-state index in [-0.39, 0.29) is 22.6 Å². The molecule has 0 spiro atoms. The standard InChI is InChI=1S/C38H44N2O5/c1-25(43-31-17-9-27(10-18-31)37(3,4)5)35(41)39-29-13-21-33(22-14-29)45-34-23-15-30(16-24-34)40-36(42)26(2)44-32-19-11-28(12-20-32)38(6,7)8/h9-26H,1-8H3,(H,39,41)(H,40,42). The van der Waals surface area contributed by atoms with E-state index in [2.05, 4.69) is 52.2 Å². The molecule has 45 heavy (non-hydrogen) atoms. The largest absolute Gasteiger partial charge is 0.481 e. The number of anilines is 2. The molecule has 2 N–H and O–H groups in total. The zero-order valence-electron chi connectivity index (χ0n) is 27.4. The van der Waals surface area contributed by atoms with Crippen LogP contribution in [0.2, 0.25) is 0 Å². The summed E-state index contributed by atoms with van der Waals surface area (Å²) in [7, 11) is 0. The molecule has 0 aromatic heterocycles. The molecule has 2 atom stereocenters. The van der Waals surface area contributed by atoms with Crippen LogP contribution in [-0.2, 0) is 20.4 Å². The maximum absolute atomic E-state index is 12.7. The van der Waals surface area contributed by atoms with Crippen molar-refractivity contribution in [3.05, 3.63) is 108 Å². The van der Waals surface area contributed by atoms with Gasteiger partial charge in [0.05, 0.1) is 0 Å². The second kappa shape index (κ2) is 13.9. The molecule has 0 aliphatic carbocycles. The third-order valence-electron chi connectivity index (χ3n) is 7.28. The van der Waals surface area contributed by atoms with Gasteiger partial charge in [-0.05, 0) is 109 Å². The summed E-state index contributed by atoms with van der Waals surface area (Å²) in [6.45, 7) is 16.4. The summed E-state index contributed by atoms with van der Waals surface area (Å²) in [5.74, 6) is 1.99. The number of carbonyl (C=O) groups is 2. The Balaban J connectivity index is 1.24. The van der Waals surface area contributed by atoms with Crippen LogP contribution in [0.3, 0.4) is 0 Å². The summed E-state index contributed by atoms with van der Waals surface area (Å²) in [5.41, 5.74) is 3.76. The Hall–Kier alpha value is -4.78. The summed E-state index contributed by atoms with van der Waals surface area (Å²) in [4.78, 5) is 25.4. The molecular weight excluding hydrogens is 564 g/mol. The zero-order chi connectivity index (χ0) is 32.8. The van der Waals surface area contributed by atoms with Crippen molar-refractivity contribution >= 4 is 23.2 Å². The first-order chi connectivity index (χ1) is 21.2. The SMILES string of the molecule is CC(Oc1ccc(C(C)(C)C)cc1)C(=O)Nc1ccc(Oc2ccc(NC(=O)C(C)Oc3ccc(C(C)(C)C)cc3)cc2)cc1. The van der Waals surface area contributed by atoms with Crippen LogP contribution in [-0.4, -0.2) is 24.0 Å². The van der Waals surface area contributed by atoms with Gasteiger partial charge >= 0.3 is 0 Å². The van der Waals surface area contributed by atoms with E-state index in [4.69, 9.17) is 14.2 Å². The molecule has 4 aromatic carbocycles. The van der Waals surface area contributed by atoms with Crippen LogP contribution >= 0.6 is 0 Å². The molecule has 0 aliphatic rings. The van der Waals surface area contributed by atoms with Crippen LogP contribution in [0.25, 0.3) is 0 Å². The lowest BCUT2D eigenvalue weighted by atomic mass is 9.87. The van der Waals surface area contributed by atoms with Crippen molar-refractivity contribution in [2.24, 2.45) is 0 Å². The van der Waals surface area contributed by atoms with E-state index in [1.165, 1.54) is 11.1 Å². The molecule has 0 aliphatic heterocycles. The minimum atomic E-state index is -0.671. The summed E-state index contributed by atoms with van der Waals surface area (Å²) in [6.07, 6.45) is -1.34. The molecule has 4 rings (SSSR count). The van der Waals surface area contributed by atoms with Crippen molar-refractivity contribution in [2.75, 3.05) is 10.6 Å². The van der Waals surface area contributed by atoms with Gasteiger partial charge in [-0.3, -0.25) is 9.59 Å². The van der Waals surface area contributed by atoms with Crippen LogP contribution in [0.4, 0.5) is 11.4 Å². The zero-order valence-corrected chi connectivity index (χ0v) is 27.4. The number of carbonyl (C=O) groups excluding carboxylic acids is 2. The van der Waals surface area contributed by atoms with Gasteiger partial charge in [0.1, 0.15) is 23.0 Å². The Morgan fingerprint density at radius 2 is 0.778 bits per heavy atom. The molecule has 2 unspecified atom stereocenters. The van der Waals surface area contributed by atoms with Crippen molar-refractivity contribution in [3.63, 3.8) is 0 Å². The molecular formula is C38H44N2O5. The predicted octanol–water partition coefficient (Wildman–Crippen LogP) is 8.89. The van der Waals surface area contributed by atoms with Gasteiger partial charge in [0.2, 0.25) is 0 Å². The smallest absolute Gasteiger partial charge is 0.265 e. The monoisotopic (exact) mass is 608 g/mol. The highest BCUT2D eigenvalue weighted by atomic mass is 16.5. The quantitative estimate of drug-likeness (QED) is 0.188. The van der Waals surface area contributed by atoms with Crippen LogP contribution in [0.1, 0.15) is 66.5 Å². The average molecular weight is 609 g/mol. The van der Waals surface area contributed by atoms with E-state index in [9.17, 15) is 9.59 Å². The lowest BCUT2D eigenvalue weighted by Gasteiger charge is -2.20. The van der Waals surface area contributed by atoms with Crippen molar-refractivity contribution in [1.82, 2.24) is 0 Å². The number of hydrogen-bond acceptors (Lipinski definition) is 5. The molecule has 236 valence electrons. The number of hydrogen-bond donors (Lipinski definition) is 2. The molecule has 0 radical (unpaired) electrons. The van der Waals surface area contributed by atoms with E-state index < -0.39 is 12.2 Å². The maximum Gasteiger partial charge on any atom is 0.265 e. The Morgan fingerprint density at radius 3 is 1.07 bits per heavy atom. The van der Waals surface area contributed by atoms with Gasteiger partial charge in [0.15, 0.2) is 12.2 Å². The fourth-order valence-corrected chi connectivity index (χ4v) is 4.42. The summed E-state index contributed by atoms with van der Waals surface area (Å²) < 4.78 is 17.6. The minimum absolute atomic E-state index is 0.0491. The average Bonchev–Trinajstić information content (AvgIpc) is 2.98. The molecule has 0 saturated carbocycles. The van der Waals surface area contributed by atoms with Crippen molar-refractivity contribution in [1.29, 1.82) is 0 Å². The molecule has 0 bridgehead atoms. The van der Waals surface area contributed by atoms with Crippen molar-refractivity contribution in [3.8, 4) is 23.0 Å². The number of ether oxygens (including phenoxy) is 3. The van der Waals surface area contributed by atoms with Gasteiger partial charge in [-0.15, -0.1) is 0 Å². The van der Waals surface area contributed by atoms with E-state index in [1.54, 1.807) is 62.4 Å². The van der Waals surface area contributed by atoms with E-state index in [0.29, 0.717) is 34.4 Å². The number of amides is 2. The first-order valence-electron chi connectivity index (χ1n) is 15.2. The first kappa shape index (κ1) is 33.1. The molecule has 0 saturated heterocycles. The van der Waals surface area contributed by atoms with Crippen LogP contribution < -0.4 is 24.8 Å². The van der Waals surface area contributed by atoms with Crippen LogP contribution in [0.5, 0.6) is 23.0 Å². The fourth-order valence-electron chi connectivity index (χ4n) is 4.42. The van der Waals surface area contributed by atoms with E-state index in [0.717, 1.165) is 0 Å². The van der Waals surface area contributed by atoms with E-state index >= 15 is 0 Å². The van der Waals surface area contributed by atoms with Gasteiger partial charge in [-0.1, -0.05) is 65.8 Å². The Bertz CT molecular complexity index is 1440. The van der Waals surface area contributed by atoms with Gasteiger partial charge < -0.3 is 24.8 Å². The third-order valence-corrected chi connectivity index (χ3v) is 7.28. The van der Waals surface area contributed by atoms with Crippen LogP contribution in [0, 0.1) is 0 Å². The third kappa shape index (κ3) is 9.60. The second-order valence-corrected chi connectivity index (χ2v) is 13.2. The Morgan fingerprint density at radius 1 is 0.489 bits per heavy atom. The highest BCUT2D eigenvalue weighted by molar-refractivity contribution is 5.94. The lowest BCUT2D eigenvalue weighted by Crippen LogP contribution is -2.30. The van der Waals surface area contributed by atoms with Gasteiger partial charge in [0, 0.05) is 11.4 Å². The molecule has 0 heterocycles. The van der Waals surface area contributed by atoms with Gasteiger partial charge in [-0.25, -0.2) is 0 Å². The molecule has 7 nitrogen and oxygen atoms in total. The highest BCUT2D eigenvalue weighted by Gasteiger charge is 2.18. The normalized spacial score (nSPS) is 12.9. The topological polar surface area (TPSA) is 85.9 Å². The Kier molecular flexibility index (Phi) is 10.2. The highest BCUT2D eigenvalue weighted by Crippen LogP contribution is 2.27. The van der Waals surface area contributed by atoms with Gasteiger partial charge in [-0.2, -0.15) is 0 Å². The first-order valence-corrected chi connectivity index (χ1v) is 15.2. The summed E-state index contributed by atoms with van der Waals surface area (Å²) >= 11 is 0. The lowest BCUT2D eigenvalue weighted by molar-refractivity contribution is -0.122. The minimum Gasteiger partial charge on any atom is -0.481 e. The van der Waals surface area contributed by atoms with Crippen LogP contribution in [0.15, 0.2) is 97.1 Å². The summed E-state index contributed by atoms with van der Waals surface area (Å²) in [5, 5.41) is 5.75. The van der Waals surface area contributed by atoms with E-state index in [1.807, 2.05) is 48.5 Å². The predicted molar refractivity (Wildman–Crippen MR) is 181 cm³/mol. The fraction of sp³-hybridized carbons (Fsp3) is 0.316. The van der Waals surface area contributed by atoms with Gasteiger partial charge in [0.25, 0.3) is 11.8 Å². The Labute approximate surface area is 266 Å². The number of benzene rings is 4. The molecule has 7 heteroatoms. The molecule has 4 aromatic rings. The summed E-state index contributed by atoms with van der Waals surface area (Å²) in [6, 6.07) is 29.8. The number of nitrogens with one attached hydrogen (secondary N) is 2. The maximum atomic E-state index is 12.7. The van der Waals surface area contributed by atoms with Crippen molar-refractivity contribution in [2.45, 2.75) is 78.4 Å².